The molecule has 76 valence electrons. The van der Waals surface area contributed by atoms with Crippen molar-refractivity contribution < 1.29 is 4.74 Å². The molecule has 0 aliphatic heterocycles. The first-order valence-corrected chi connectivity index (χ1v) is 4.80. The predicted octanol–water partition coefficient (Wildman–Crippen LogP) is 2.81. The Morgan fingerprint density at radius 2 is 1.87 bits per heavy atom. The molecule has 0 aliphatic carbocycles. The molecule has 1 heterocycles. The van der Waals surface area contributed by atoms with Gasteiger partial charge in [-0.3, -0.25) is 0 Å². The quantitative estimate of drug-likeness (QED) is 0.781. The van der Waals surface area contributed by atoms with E-state index in [-0.39, 0.29) is 0 Å². The summed E-state index contributed by atoms with van der Waals surface area (Å²) >= 11 is 5.81. The van der Waals surface area contributed by atoms with Crippen LogP contribution in [0.1, 0.15) is 0 Å². The first-order valence-electron chi connectivity index (χ1n) is 4.43. The summed E-state index contributed by atoms with van der Waals surface area (Å²) in [5.74, 6) is 0.701. The lowest BCUT2D eigenvalue weighted by Crippen LogP contribution is -1.92. The van der Waals surface area contributed by atoms with Gasteiger partial charge < -0.3 is 4.74 Å². The highest BCUT2D eigenvalue weighted by Gasteiger charge is 2.06. The molecule has 0 atom stereocenters. The van der Waals surface area contributed by atoms with Crippen LogP contribution in [0.4, 0.5) is 0 Å². The molecule has 0 fully saturated rings. The van der Waals surface area contributed by atoms with Crippen LogP contribution in [0.2, 0.25) is 5.02 Å². The van der Waals surface area contributed by atoms with E-state index in [2.05, 4.69) is 10.2 Å². The highest BCUT2D eigenvalue weighted by Crippen LogP contribution is 2.27. The lowest BCUT2D eigenvalue weighted by atomic mass is 10.1. The highest BCUT2D eigenvalue weighted by atomic mass is 35.5. The van der Waals surface area contributed by atoms with Crippen molar-refractivity contribution in [2.75, 3.05) is 7.11 Å². The fraction of sp³-hybridized carbons (Fsp3) is 0.0909. The van der Waals surface area contributed by atoms with Crippen molar-refractivity contribution >= 4 is 11.6 Å². The zero-order valence-corrected chi connectivity index (χ0v) is 8.90. The molecule has 4 heteroatoms. The number of halogens is 1. The van der Waals surface area contributed by atoms with Crippen LogP contribution < -0.4 is 4.74 Å². The van der Waals surface area contributed by atoms with E-state index < -0.39 is 0 Å². The molecule has 0 radical (unpaired) electrons. The molecule has 0 saturated carbocycles. The van der Waals surface area contributed by atoms with Crippen LogP contribution in [0.25, 0.3) is 11.3 Å². The summed E-state index contributed by atoms with van der Waals surface area (Å²) in [6.07, 6.45) is 1.60. The Morgan fingerprint density at radius 1 is 1.13 bits per heavy atom. The SMILES string of the molecule is COc1ccnnc1-c1ccc(Cl)cc1. The highest BCUT2D eigenvalue weighted by molar-refractivity contribution is 6.30. The number of methoxy groups -OCH3 is 1. The maximum absolute atomic E-state index is 5.81. The average molecular weight is 221 g/mol. The fourth-order valence-electron chi connectivity index (χ4n) is 1.29. The largest absolute Gasteiger partial charge is 0.494 e. The predicted molar refractivity (Wildman–Crippen MR) is 59.0 cm³/mol. The Morgan fingerprint density at radius 3 is 2.53 bits per heavy atom. The Balaban J connectivity index is 2.49. The van der Waals surface area contributed by atoms with Gasteiger partial charge in [0.05, 0.1) is 13.3 Å². The zero-order valence-electron chi connectivity index (χ0n) is 8.14. The Bertz CT molecular complexity index is 456. The van der Waals surface area contributed by atoms with Crippen molar-refractivity contribution in [3.05, 3.63) is 41.6 Å². The maximum Gasteiger partial charge on any atom is 0.148 e. The number of aromatic nitrogens is 2. The number of hydrogen-bond donors (Lipinski definition) is 0. The van der Waals surface area contributed by atoms with Gasteiger partial charge in [-0.1, -0.05) is 23.7 Å². The van der Waals surface area contributed by atoms with Crippen LogP contribution in [-0.4, -0.2) is 17.3 Å². The molecule has 3 nitrogen and oxygen atoms in total. The van der Waals surface area contributed by atoms with Gasteiger partial charge in [0.15, 0.2) is 0 Å². The first kappa shape index (κ1) is 9.93. The van der Waals surface area contributed by atoms with E-state index in [4.69, 9.17) is 16.3 Å². The Labute approximate surface area is 92.7 Å². The van der Waals surface area contributed by atoms with E-state index in [1.807, 2.05) is 24.3 Å². The van der Waals surface area contributed by atoms with Crippen LogP contribution in [-0.2, 0) is 0 Å². The van der Waals surface area contributed by atoms with Crippen LogP contribution in [0, 0.1) is 0 Å². The van der Waals surface area contributed by atoms with Gasteiger partial charge in [0.1, 0.15) is 11.4 Å². The van der Waals surface area contributed by atoms with Gasteiger partial charge in [0.2, 0.25) is 0 Å². The second kappa shape index (κ2) is 4.28. The van der Waals surface area contributed by atoms with E-state index in [9.17, 15) is 0 Å². The van der Waals surface area contributed by atoms with Crippen molar-refractivity contribution in [1.29, 1.82) is 0 Å². The molecule has 0 N–H and O–H groups in total. The van der Waals surface area contributed by atoms with Crippen molar-refractivity contribution in [1.82, 2.24) is 10.2 Å². The van der Waals surface area contributed by atoms with Crippen molar-refractivity contribution in [2.45, 2.75) is 0 Å². The standard InChI is InChI=1S/C11H9ClN2O/c1-15-10-6-7-13-14-11(10)8-2-4-9(12)5-3-8/h2-7H,1H3. The van der Waals surface area contributed by atoms with E-state index in [0.717, 1.165) is 11.3 Å². The summed E-state index contributed by atoms with van der Waals surface area (Å²) in [5.41, 5.74) is 1.65. The maximum atomic E-state index is 5.81. The van der Waals surface area contributed by atoms with Gasteiger partial charge in [-0.2, -0.15) is 5.10 Å². The first-order chi connectivity index (χ1) is 7.31. The van der Waals surface area contributed by atoms with Gasteiger partial charge >= 0.3 is 0 Å². The molecular weight excluding hydrogens is 212 g/mol. The van der Waals surface area contributed by atoms with E-state index in [1.54, 1.807) is 19.4 Å². The van der Waals surface area contributed by atoms with Gasteiger partial charge in [-0.15, -0.1) is 5.10 Å². The van der Waals surface area contributed by atoms with Gasteiger partial charge in [-0.05, 0) is 12.1 Å². The smallest absolute Gasteiger partial charge is 0.148 e. The number of ether oxygens (including phenoxy) is 1. The minimum atomic E-state index is 0.696. The number of nitrogens with zero attached hydrogens (tertiary/aromatic N) is 2. The Hall–Kier alpha value is -1.61. The van der Waals surface area contributed by atoms with Crippen LogP contribution in [0.15, 0.2) is 36.5 Å². The fourth-order valence-corrected chi connectivity index (χ4v) is 1.42. The molecule has 0 amide bonds. The van der Waals surface area contributed by atoms with E-state index >= 15 is 0 Å². The van der Waals surface area contributed by atoms with Crippen LogP contribution in [0.5, 0.6) is 5.75 Å². The Kier molecular flexibility index (Phi) is 2.83. The molecule has 2 rings (SSSR count). The normalized spacial score (nSPS) is 10.0. The molecule has 0 spiro atoms. The van der Waals surface area contributed by atoms with E-state index in [0.29, 0.717) is 10.8 Å². The second-order valence-corrected chi connectivity index (χ2v) is 3.39. The molecule has 1 aromatic carbocycles. The van der Waals surface area contributed by atoms with Gasteiger partial charge in [0, 0.05) is 16.7 Å². The summed E-state index contributed by atoms with van der Waals surface area (Å²) in [6.45, 7) is 0. The van der Waals surface area contributed by atoms with Crippen molar-refractivity contribution in [3.63, 3.8) is 0 Å². The molecule has 15 heavy (non-hydrogen) atoms. The molecule has 0 bridgehead atoms. The lowest BCUT2D eigenvalue weighted by Gasteiger charge is -2.05. The molecule has 2 aromatic rings. The molecule has 0 saturated heterocycles. The number of hydrogen-bond acceptors (Lipinski definition) is 3. The molecule has 1 aromatic heterocycles. The van der Waals surface area contributed by atoms with Crippen molar-refractivity contribution in [2.24, 2.45) is 0 Å². The van der Waals surface area contributed by atoms with Crippen LogP contribution >= 0.6 is 11.6 Å². The summed E-state index contributed by atoms with van der Waals surface area (Å²) in [4.78, 5) is 0. The minimum Gasteiger partial charge on any atom is -0.494 e. The van der Waals surface area contributed by atoms with Gasteiger partial charge in [-0.25, -0.2) is 0 Å². The van der Waals surface area contributed by atoms with Crippen LogP contribution in [0.3, 0.4) is 0 Å². The number of benzene rings is 1. The second-order valence-electron chi connectivity index (χ2n) is 2.96. The summed E-state index contributed by atoms with van der Waals surface area (Å²) < 4.78 is 5.19. The third kappa shape index (κ3) is 2.07. The lowest BCUT2D eigenvalue weighted by molar-refractivity contribution is 0.413. The average Bonchev–Trinajstić information content (AvgIpc) is 2.30. The molecule has 0 aliphatic rings. The number of rotatable bonds is 2. The molecule has 0 unspecified atom stereocenters. The van der Waals surface area contributed by atoms with E-state index in [1.165, 1.54) is 0 Å². The zero-order chi connectivity index (χ0) is 10.7. The summed E-state index contributed by atoms with van der Waals surface area (Å²) in [6, 6.07) is 9.16. The topological polar surface area (TPSA) is 35.0 Å². The summed E-state index contributed by atoms with van der Waals surface area (Å²) in [7, 11) is 1.61. The third-order valence-corrected chi connectivity index (χ3v) is 2.27. The summed E-state index contributed by atoms with van der Waals surface area (Å²) in [5, 5.41) is 8.56. The third-order valence-electron chi connectivity index (χ3n) is 2.02. The van der Waals surface area contributed by atoms with Gasteiger partial charge in [0.25, 0.3) is 0 Å². The molecular formula is C11H9ClN2O. The monoisotopic (exact) mass is 220 g/mol. The van der Waals surface area contributed by atoms with Crippen molar-refractivity contribution in [3.8, 4) is 17.0 Å². The minimum absolute atomic E-state index is 0.696.